The number of nitrogen functional groups attached to an aromatic ring is 1. The molecule has 0 radical (unpaired) electrons. The third-order valence-corrected chi connectivity index (χ3v) is 3.04. The maximum absolute atomic E-state index is 11.8. The van der Waals surface area contributed by atoms with E-state index in [0.717, 1.165) is 17.0 Å². The highest BCUT2D eigenvalue weighted by molar-refractivity contribution is 5.76. The van der Waals surface area contributed by atoms with Crippen molar-refractivity contribution in [1.29, 1.82) is 0 Å². The first kappa shape index (κ1) is 13.2. The summed E-state index contributed by atoms with van der Waals surface area (Å²) in [6.45, 7) is 2.46. The first-order valence-electron chi connectivity index (χ1n) is 6.29. The summed E-state index contributed by atoms with van der Waals surface area (Å²) in [4.78, 5) is 11.8. The zero-order chi connectivity index (χ0) is 13.7. The molecule has 1 unspecified atom stereocenters. The molecule has 1 aromatic carbocycles. The molecule has 0 spiro atoms. The van der Waals surface area contributed by atoms with Gasteiger partial charge in [-0.3, -0.25) is 4.79 Å². The highest BCUT2D eigenvalue weighted by Gasteiger charge is 2.11. The van der Waals surface area contributed by atoms with Crippen LogP contribution in [-0.2, 0) is 11.3 Å². The molecule has 4 heteroatoms. The van der Waals surface area contributed by atoms with Gasteiger partial charge in [0, 0.05) is 12.1 Å². The first-order valence-corrected chi connectivity index (χ1v) is 6.29. The van der Waals surface area contributed by atoms with Gasteiger partial charge in [0.05, 0.1) is 12.8 Å². The maximum atomic E-state index is 11.8. The topological polar surface area (TPSA) is 68.3 Å². The summed E-state index contributed by atoms with van der Waals surface area (Å²) in [5.41, 5.74) is 7.49. The molecule has 0 aliphatic carbocycles. The normalized spacial score (nSPS) is 12.1. The number of hydrogen-bond donors (Lipinski definition) is 2. The van der Waals surface area contributed by atoms with Crippen molar-refractivity contribution < 1.29 is 9.21 Å². The van der Waals surface area contributed by atoms with Gasteiger partial charge in [-0.05, 0) is 35.7 Å². The lowest BCUT2D eigenvalue weighted by Crippen LogP contribution is -2.23. The molecule has 0 aliphatic heterocycles. The van der Waals surface area contributed by atoms with Crippen LogP contribution in [0.4, 0.5) is 5.69 Å². The van der Waals surface area contributed by atoms with Crippen LogP contribution in [0.25, 0.3) is 0 Å². The van der Waals surface area contributed by atoms with Crippen molar-refractivity contribution in [3.63, 3.8) is 0 Å². The Hall–Kier alpha value is -2.23. The number of nitrogens with two attached hydrogens (primary N) is 1. The molecule has 0 bridgehead atoms. The SMILES string of the molecule is CC(CC(=O)NCc1ccco1)c1ccc(N)cc1. The molecule has 0 aliphatic rings. The minimum absolute atomic E-state index is 0.0146. The maximum Gasteiger partial charge on any atom is 0.220 e. The van der Waals surface area contributed by atoms with Gasteiger partial charge in [0.25, 0.3) is 0 Å². The average molecular weight is 258 g/mol. The first-order chi connectivity index (χ1) is 9.15. The van der Waals surface area contributed by atoms with E-state index in [9.17, 15) is 4.79 Å². The lowest BCUT2D eigenvalue weighted by atomic mass is 9.97. The molecule has 0 saturated heterocycles. The van der Waals surface area contributed by atoms with Crippen LogP contribution in [-0.4, -0.2) is 5.91 Å². The summed E-state index contributed by atoms with van der Waals surface area (Å²) in [6.07, 6.45) is 2.04. The fraction of sp³-hybridized carbons (Fsp3) is 0.267. The Morgan fingerprint density at radius 3 is 2.68 bits per heavy atom. The van der Waals surface area contributed by atoms with Gasteiger partial charge in [-0.2, -0.15) is 0 Å². The lowest BCUT2D eigenvalue weighted by molar-refractivity contribution is -0.121. The van der Waals surface area contributed by atoms with Crippen molar-refractivity contribution in [2.24, 2.45) is 0 Å². The predicted molar refractivity (Wildman–Crippen MR) is 74.4 cm³/mol. The molecule has 0 fully saturated rings. The number of carbonyl (C=O) groups is 1. The quantitative estimate of drug-likeness (QED) is 0.810. The molecule has 100 valence electrons. The van der Waals surface area contributed by atoms with Crippen LogP contribution < -0.4 is 11.1 Å². The number of nitrogens with one attached hydrogen (secondary N) is 1. The van der Waals surface area contributed by atoms with E-state index in [2.05, 4.69) is 5.32 Å². The van der Waals surface area contributed by atoms with Gasteiger partial charge in [-0.25, -0.2) is 0 Å². The summed E-state index contributed by atoms with van der Waals surface area (Å²) >= 11 is 0. The Bertz CT molecular complexity index is 518. The van der Waals surface area contributed by atoms with E-state index in [-0.39, 0.29) is 11.8 Å². The molecule has 2 rings (SSSR count). The number of benzene rings is 1. The largest absolute Gasteiger partial charge is 0.467 e. The average Bonchev–Trinajstić information content (AvgIpc) is 2.90. The highest BCUT2D eigenvalue weighted by atomic mass is 16.3. The predicted octanol–water partition coefficient (Wildman–Crippen LogP) is 2.67. The Labute approximate surface area is 112 Å². The fourth-order valence-corrected chi connectivity index (χ4v) is 1.89. The lowest BCUT2D eigenvalue weighted by Gasteiger charge is -2.11. The molecule has 0 saturated carbocycles. The minimum Gasteiger partial charge on any atom is -0.467 e. The molecule has 19 heavy (non-hydrogen) atoms. The van der Waals surface area contributed by atoms with Gasteiger partial charge in [-0.15, -0.1) is 0 Å². The molecule has 1 amide bonds. The van der Waals surface area contributed by atoms with Crippen molar-refractivity contribution in [2.45, 2.75) is 25.8 Å². The number of hydrogen-bond acceptors (Lipinski definition) is 3. The van der Waals surface area contributed by atoms with E-state index in [1.165, 1.54) is 0 Å². The van der Waals surface area contributed by atoms with E-state index in [4.69, 9.17) is 10.2 Å². The van der Waals surface area contributed by atoms with Crippen LogP contribution in [0.15, 0.2) is 47.1 Å². The monoisotopic (exact) mass is 258 g/mol. The van der Waals surface area contributed by atoms with Crippen molar-refractivity contribution in [1.82, 2.24) is 5.32 Å². The second-order valence-electron chi connectivity index (χ2n) is 4.63. The molecular formula is C15H18N2O2. The summed E-state index contributed by atoms with van der Waals surface area (Å²) in [6, 6.07) is 11.3. The van der Waals surface area contributed by atoms with Crippen LogP contribution in [0, 0.1) is 0 Å². The second-order valence-corrected chi connectivity index (χ2v) is 4.63. The molecule has 4 nitrogen and oxygen atoms in total. The number of carbonyl (C=O) groups excluding carboxylic acids is 1. The minimum atomic E-state index is 0.0146. The van der Waals surface area contributed by atoms with E-state index < -0.39 is 0 Å². The van der Waals surface area contributed by atoms with E-state index in [1.807, 2.05) is 37.3 Å². The Balaban J connectivity index is 1.83. The van der Waals surface area contributed by atoms with Gasteiger partial charge < -0.3 is 15.5 Å². The van der Waals surface area contributed by atoms with Crippen LogP contribution in [0.5, 0.6) is 0 Å². The summed E-state index contributed by atoms with van der Waals surface area (Å²) in [5, 5.41) is 2.84. The highest BCUT2D eigenvalue weighted by Crippen LogP contribution is 2.19. The zero-order valence-corrected chi connectivity index (χ0v) is 10.9. The van der Waals surface area contributed by atoms with Gasteiger partial charge in [0.1, 0.15) is 5.76 Å². The van der Waals surface area contributed by atoms with Gasteiger partial charge >= 0.3 is 0 Å². The van der Waals surface area contributed by atoms with Crippen molar-refractivity contribution in [3.8, 4) is 0 Å². The summed E-state index contributed by atoms with van der Waals surface area (Å²) in [7, 11) is 0. The van der Waals surface area contributed by atoms with Crippen LogP contribution in [0.1, 0.15) is 30.6 Å². The number of rotatable bonds is 5. The van der Waals surface area contributed by atoms with Crippen LogP contribution in [0.3, 0.4) is 0 Å². The Kier molecular flexibility index (Phi) is 4.23. The second kappa shape index (κ2) is 6.09. The molecule has 1 aromatic heterocycles. The molecule has 1 atom stereocenters. The van der Waals surface area contributed by atoms with Crippen molar-refractivity contribution in [3.05, 3.63) is 54.0 Å². The molecule has 3 N–H and O–H groups in total. The summed E-state index contributed by atoms with van der Waals surface area (Å²) in [5.74, 6) is 0.936. The summed E-state index contributed by atoms with van der Waals surface area (Å²) < 4.78 is 5.16. The molecular weight excluding hydrogens is 240 g/mol. The van der Waals surface area contributed by atoms with E-state index in [0.29, 0.717) is 13.0 Å². The third kappa shape index (κ3) is 3.88. The number of amides is 1. The Morgan fingerprint density at radius 2 is 2.05 bits per heavy atom. The fourth-order valence-electron chi connectivity index (χ4n) is 1.89. The standard InChI is InChI=1S/C15H18N2O2/c1-11(12-4-6-13(16)7-5-12)9-15(18)17-10-14-3-2-8-19-14/h2-8,11H,9-10,16H2,1H3,(H,17,18). The van der Waals surface area contributed by atoms with E-state index >= 15 is 0 Å². The molecule has 1 heterocycles. The van der Waals surface area contributed by atoms with Crippen molar-refractivity contribution in [2.75, 3.05) is 5.73 Å². The number of anilines is 1. The smallest absolute Gasteiger partial charge is 0.220 e. The molecule has 2 aromatic rings. The van der Waals surface area contributed by atoms with Gasteiger partial charge in [-0.1, -0.05) is 19.1 Å². The Morgan fingerprint density at radius 1 is 1.32 bits per heavy atom. The van der Waals surface area contributed by atoms with Crippen LogP contribution >= 0.6 is 0 Å². The van der Waals surface area contributed by atoms with E-state index in [1.54, 1.807) is 12.3 Å². The number of furan rings is 1. The van der Waals surface area contributed by atoms with Gasteiger partial charge in [0.15, 0.2) is 0 Å². The zero-order valence-electron chi connectivity index (χ0n) is 10.9. The third-order valence-electron chi connectivity index (χ3n) is 3.04. The van der Waals surface area contributed by atoms with Crippen molar-refractivity contribution >= 4 is 11.6 Å². The van der Waals surface area contributed by atoms with Gasteiger partial charge in [0.2, 0.25) is 5.91 Å². The van der Waals surface area contributed by atoms with Crippen LogP contribution in [0.2, 0.25) is 0 Å².